The Morgan fingerprint density at radius 1 is 1.15 bits per heavy atom. The summed E-state index contributed by atoms with van der Waals surface area (Å²) in [5, 5.41) is 10.3. The van der Waals surface area contributed by atoms with E-state index in [0.717, 1.165) is 18.4 Å². The Hall–Kier alpha value is -3.55. The fourth-order valence-corrected chi connectivity index (χ4v) is 5.49. The fraction of sp³-hybridized carbons (Fsp3) is 0.385. The van der Waals surface area contributed by atoms with Crippen molar-refractivity contribution >= 4 is 11.8 Å². The third kappa shape index (κ3) is 3.67. The highest BCUT2D eigenvalue weighted by Crippen LogP contribution is 2.50. The fourth-order valence-electron chi connectivity index (χ4n) is 5.49. The molecule has 34 heavy (non-hydrogen) atoms. The Bertz CT molecular complexity index is 1210. The second-order valence-corrected chi connectivity index (χ2v) is 9.72. The van der Waals surface area contributed by atoms with Crippen LogP contribution in [0.15, 0.2) is 54.7 Å². The molecular formula is C26H28FN5O2. The number of likely N-dealkylation sites (tertiary alicyclic amines) is 1. The first-order valence-electron chi connectivity index (χ1n) is 11.6. The molecule has 1 unspecified atom stereocenters. The minimum absolute atomic E-state index is 0.00130. The molecule has 176 valence electrons. The average molecular weight is 462 g/mol. The van der Waals surface area contributed by atoms with Crippen LogP contribution in [0.1, 0.15) is 60.9 Å². The number of carbonyl (C=O) groups excluding carboxylic acids is 2. The van der Waals surface area contributed by atoms with Crippen LogP contribution in [-0.4, -0.2) is 44.2 Å². The van der Waals surface area contributed by atoms with Gasteiger partial charge in [0.2, 0.25) is 11.8 Å². The molecule has 3 aromatic rings. The maximum Gasteiger partial charge on any atom is 0.244 e. The summed E-state index contributed by atoms with van der Waals surface area (Å²) in [6, 6.07) is 14.7. The number of halogens is 1. The number of aromatic nitrogens is 3. The van der Waals surface area contributed by atoms with Crippen molar-refractivity contribution in [2.24, 2.45) is 5.73 Å². The zero-order chi connectivity index (χ0) is 23.9. The SMILES string of the molecule is CC1(c2ccc([C@H](c3ccccc3)C3(C(N)=O)CCCN3C(=O)Cc3cn[nH]n3)cc2F)CC1. The zero-order valence-corrected chi connectivity index (χ0v) is 19.1. The summed E-state index contributed by atoms with van der Waals surface area (Å²) >= 11 is 0. The van der Waals surface area contributed by atoms with Gasteiger partial charge in [-0.25, -0.2) is 4.39 Å². The van der Waals surface area contributed by atoms with Gasteiger partial charge in [-0.1, -0.05) is 49.4 Å². The van der Waals surface area contributed by atoms with E-state index in [-0.39, 0.29) is 23.6 Å². The number of nitrogens with zero attached hydrogens (tertiary/aromatic N) is 3. The normalized spacial score (nSPS) is 21.9. The van der Waals surface area contributed by atoms with Gasteiger partial charge in [-0.05, 0) is 53.9 Å². The number of aromatic amines is 1. The molecule has 0 radical (unpaired) electrons. The van der Waals surface area contributed by atoms with Crippen molar-refractivity contribution < 1.29 is 14.0 Å². The van der Waals surface area contributed by atoms with Gasteiger partial charge in [-0.3, -0.25) is 9.59 Å². The first-order valence-corrected chi connectivity index (χ1v) is 11.6. The maximum absolute atomic E-state index is 15.4. The molecule has 2 amide bonds. The van der Waals surface area contributed by atoms with Gasteiger partial charge in [0.15, 0.2) is 0 Å². The highest BCUT2D eigenvalue weighted by molar-refractivity contribution is 5.93. The van der Waals surface area contributed by atoms with E-state index in [2.05, 4.69) is 22.3 Å². The van der Waals surface area contributed by atoms with Crippen LogP contribution in [0.5, 0.6) is 0 Å². The van der Waals surface area contributed by atoms with E-state index >= 15 is 4.39 Å². The number of carbonyl (C=O) groups is 2. The van der Waals surface area contributed by atoms with E-state index in [1.807, 2.05) is 42.5 Å². The Balaban J connectivity index is 1.62. The molecule has 1 saturated carbocycles. The van der Waals surface area contributed by atoms with Crippen LogP contribution in [0.4, 0.5) is 4.39 Å². The van der Waals surface area contributed by atoms with Crippen molar-refractivity contribution in [3.63, 3.8) is 0 Å². The van der Waals surface area contributed by atoms with Crippen molar-refractivity contribution in [3.05, 3.63) is 82.9 Å². The number of H-pyrrole nitrogens is 1. The van der Waals surface area contributed by atoms with Crippen LogP contribution in [0.2, 0.25) is 0 Å². The molecule has 0 spiro atoms. The van der Waals surface area contributed by atoms with E-state index in [9.17, 15) is 9.59 Å². The molecular weight excluding hydrogens is 433 g/mol. The predicted molar refractivity (Wildman–Crippen MR) is 124 cm³/mol. The third-order valence-electron chi connectivity index (χ3n) is 7.53. The largest absolute Gasteiger partial charge is 0.368 e. The molecule has 2 aliphatic rings. The molecule has 7 nitrogen and oxygen atoms in total. The molecule has 1 saturated heterocycles. The first-order chi connectivity index (χ1) is 16.3. The Morgan fingerprint density at radius 2 is 1.91 bits per heavy atom. The van der Waals surface area contributed by atoms with Crippen molar-refractivity contribution in [1.82, 2.24) is 20.3 Å². The third-order valence-corrected chi connectivity index (χ3v) is 7.53. The topological polar surface area (TPSA) is 105 Å². The smallest absolute Gasteiger partial charge is 0.244 e. The van der Waals surface area contributed by atoms with Gasteiger partial charge in [0, 0.05) is 12.5 Å². The number of nitrogens with one attached hydrogen (secondary N) is 1. The van der Waals surface area contributed by atoms with Crippen LogP contribution in [0.25, 0.3) is 0 Å². The predicted octanol–water partition coefficient (Wildman–Crippen LogP) is 3.22. The zero-order valence-electron chi connectivity index (χ0n) is 19.1. The summed E-state index contributed by atoms with van der Waals surface area (Å²) in [5.74, 6) is -1.73. The molecule has 3 N–H and O–H groups in total. The van der Waals surface area contributed by atoms with Crippen molar-refractivity contribution in [2.75, 3.05) is 6.54 Å². The summed E-state index contributed by atoms with van der Waals surface area (Å²) in [5.41, 5.74) is 7.28. The summed E-state index contributed by atoms with van der Waals surface area (Å²) in [6.45, 7) is 2.45. The quantitative estimate of drug-likeness (QED) is 0.564. The minimum atomic E-state index is -1.32. The van der Waals surface area contributed by atoms with Crippen LogP contribution in [-0.2, 0) is 21.4 Å². The molecule has 8 heteroatoms. The Labute approximate surface area is 197 Å². The van der Waals surface area contributed by atoms with E-state index in [1.54, 1.807) is 4.90 Å². The van der Waals surface area contributed by atoms with Gasteiger partial charge < -0.3 is 10.6 Å². The number of rotatable bonds is 7. The molecule has 0 bridgehead atoms. The molecule has 2 fully saturated rings. The first kappa shape index (κ1) is 22.3. The van der Waals surface area contributed by atoms with E-state index in [4.69, 9.17) is 5.73 Å². The highest BCUT2D eigenvalue weighted by atomic mass is 19.1. The lowest BCUT2D eigenvalue weighted by Crippen LogP contribution is -2.60. The van der Waals surface area contributed by atoms with Gasteiger partial charge in [0.1, 0.15) is 11.4 Å². The average Bonchev–Trinajstić information content (AvgIpc) is 3.19. The summed E-state index contributed by atoms with van der Waals surface area (Å²) in [4.78, 5) is 28.3. The summed E-state index contributed by atoms with van der Waals surface area (Å²) in [7, 11) is 0. The van der Waals surface area contributed by atoms with Gasteiger partial charge in [0.25, 0.3) is 0 Å². The maximum atomic E-state index is 15.4. The van der Waals surface area contributed by atoms with Gasteiger partial charge in [0.05, 0.1) is 18.3 Å². The molecule has 2 atom stereocenters. The number of hydrogen-bond donors (Lipinski definition) is 2. The van der Waals surface area contributed by atoms with Crippen molar-refractivity contribution in [3.8, 4) is 0 Å². The number of nitrogens with two attached hydrogens (primary N) is 1. The van der Waals surface area contributed by atoms with Crippen LogP contribution < -0.4 is 5.73 Å². The lowest BCUT2D eigenvalue weighted by atomic mass is 9.72. The molecule has 5 rings (SSSR count). The highest BCUT2D eigenvalue weighted by Gasteiger charge is 2.55. The number of primary amides is 1. The number of benzene rings is 2. The van der Waals surface area contributed by atoms with Crippen LogP contribution in [0, 0.1) is 5.82 Å². The van der Waals surface area contributed by atoms with Gasteiger partial charge in [-0.15, -0.1) is 0 Å². The Morgan fingerprint density at radius 3 is 2.53 bits per heavy atom. The van der Waals surface area contributed by atoms with Crippen molar-refractivity contribution in [1.29, 1.82) is 0 Å². The molecule has 2 aromatic carbocycles. The van der Waals surface area contributed by atoms with Gasteiger partial charge in [-0.2, -0.15) is 15.4 Å². The molecule has 2 heterocycles. The monoisotopic (exact) mass is 461 g/mol. The van der Waals surface area contributed by atoms with Crippen molar-refractivity contribution in [2.45, 2.75) is 55.9 Å². The Kier molecular flexibility index (Phi) is 5.46. The number of hydrogen-bond acceptors (Lipinski definition) is 4. The lowest BCUT2D eigenvalue weighted by molar-refractivity contribution is -0.144. The van der Waals surface area contributed by atoms with E-state index < -0.39 is 17.4 Å². The second-order valence-electron chi connectivity index (χ2n) is 9.72. The van der Waals surface area contributed by atoms with E-state index in [0.29, 0.717) is 36.2 Å². The summed E-state index contributed by atoms with van der Waals surface area (Å²) < 4.78 is 15.4. The van der Waals surface area contributed by atoms with Gasteiger partial charge >= 0.3 is 0 Å². The van der Waals surface area contributed by atoms with Crippen LogP contribution >= 0.6 is 0 Å². The minimum Gasteiger partial charge on any atom is -0.368 e. The molecule has 1 aliphatic heterocycles. The number of amides is 2. The molecule has 1 aromatic heterocycles. The van der Waals surface area contributed by atoms with E-state index in [1.165, 1.54) is 12.3 Å². The molecule has 1 aliphatic carbocycles. The summed E-state index contributed by atoms with van der Waals surface area (Å²) in [6.07, 6.45) is 4.42. The van der Waals surface area contributed by atoms with Crippen LogP contribution in [0.3, 0.4) is 0 Å². The standard InChI is InChI=1S/C26H28FN5O2/c1-25(11-12-25)20-9-8-18(14-21(20)27)23(17-6-3-2-4-7-17)26(24(28)34)10-5-13-32(26)22(33)15-19-16-29-31-30-19/h2-4,6-9,14,16,23H,5,10-13,15H2,1H3,(H2,28,34)(H,29,30,31)/t23-,26?/m0/s1. The lowest BCUT2D eigenvalue weighted by Gasteiger charge is -2.42. The second kappa shape index (κ2) is 8.34.